The molecule has 2 aromatic heterocycles. The number of nitrogens with one attached hydrogen (secondary N) is 2. The first-order chi connectivity index (χ1) is 10.5. The highest BCUT2D eigenvalue weighted by atomic mass is 32.2. The highest BCUT2D eigenvalue weighted by Gasteiger charge is 2.17. The molecule has 0 aromatic carbocycles. The van der Waals surface area contributed by atoms with E-state index < -0.39 is 10.0 Å². The summed E-state index contributed by atoms with van der Waals surface area (Å²) in [7, 11) is -2.00. The monoisotopic (exact) mass is 342 g/mol. The van der Waals surface area contributed by atoms with Gasteiger partial charge in [0.15, 0.2) is 5.82 Å². The summed E-state index contributed by atoms with van der Waals surface area (Å²) < 4.78 is 32.1. The van der Waals surface area contributed by atoms with Crippen LogP contribution < -0.4 is 10.0 Å². The first-order valence-electron chi connectivity index (χ1n) is 6.73. The summed E-state index contributed by atoms with van der Waals surface area (Å²) in [5.74, 6) is 0.744. The number of hydrogen-bond donors (Lipinski definition) is 2. The molecule has 2 aromatic rings. The Balaban J connectivity index is 2.03. The van der Waals surface area contributed by atoms with Crippen LogP contribution in [0.3, 0.4) is 0 Å². The van der Waals surface area contributed by atoms with Crippen LogP contribution in [0.5, 0.6) is 0 Å². The first-order valence-corrected chi connectivity index (χ1v) is 9.03. The van der Waals surface area contributed by atoms with Crippen molar-refractivity contribution in [1.29, 1.82) is 0 Å². The number of sulfonamides is 1. The molecular formula is C13H18N4O3S2. The quantitative estimate of drug-likeness (QED) is 0.712. The van der Waals surface area contributed by atoms with Crippen LogP contribution in [0.4, 0.5) is 11.6 Å². The standard InChI is InChI=1S/C13H18N4O3S2/c1-3-10-4-7-13(21-10)22(18,19)17-12-6-5-11(15-16-12)14-8-9-20-2/h4-7H,3,8-9H2,1-2H3,(H,14,15)(H,16,17). The lowest BCUT2D eigenvalue weighted by Gasteiger charge is -2.06. The molecule has 2 heterocycles. The second-order valence-corrected chi connectivity index (χ2v) is 7.48. The minimum Gasteiger partial charge on any atom is -0.383 e. The second-order valence-electron chi connectivity index (χ2n) is 4.40. The van der Waals surface area contributed by atoms with Gasteiger partial charge in [0.05, 0.1) is 6.61 Å². The van der Waals surface area contributed by atoms with Gasteiger partial charge in [0.1, 0.15) is 10.0 Å². The maximum Gasteiger partial charge on any atom is 0.272 e. The van der Waals surface area contributed by atoms with Gasteiger partial charge in [0.25, 0.3) is 10.0 Å². The number of hydrogen-bond acceptors (Lipinski definition) is 7. The van der Waals surface area contributed by atoms with Gasteiger partial charge in [-0.1, -0.05) is 6.92 Å². The third-order valence-corrected chi connectivity index (χ3v) is 5.84. The van der Waals surface area contributed by atoms with Crippen molar-refractivity contribution in [2.45, 2.75) is 17.6 Å². The Morgan fingerprint density at radius 2 is 1.91 bits per heavy atom. The number of aryl methyl sites for hydroxylation is 1. The van der Waals surface area contributed by atoms with Crippen molar-refractivity contribution < 1.29 is 13.2 Å². The van der Waals surface area contributed by atoms with E-state index in [0.717, 1.165) is 11.3 Å². The van der Waals surface area contributed by atoms with Crippen LogP contribution in [0.15, 0.2) is 28.5 Å². The average molecular weight is 342 g/mol. The lowest BCUT2D eigenvalue weighted by atomic mass is 10.4. The molecule has 2 rings (SSSR count). The van der Waals surface area contributed by atoms with E-state index in [4.69, 9.17) is 4.74 Å². The number of thiophene rings is 1. The summed E-state index contributed by atoms with van der Waals surface area (Å²) in [5, 5.41) is 10.8. The van der Waals surface area contributed by atoms with Crippen LogP contribution in [-0.4, -0.2) is 38.9 Å². The minimum atomic E-state index is -3.61. The molecule has 0 fully saturated rings. The molecule has 120 valence electrons. The fraction of sp³-hybridized carbons (Fsp3) is 0.385. The Bertz CT molecular complexity index is 698. The maximum atomic E-state index is 12.2. The van der Waals surface area contributed by atoms with Crippen molar-refractivity contribution in [3.8, 4) is 0 Å². The molecule has 9 heteroatoms. The van der Waals surface area contributed by atoms with Gasteiger partial charge >= 0.3 is 0 Å². The smallest absolute Gasteiger partial charge is 0.272 e. The van der Waals surface area contributed by atoms with Gasteiger partial charge in [-0.05, 0) is 30.7 Å². The zero-order valence-electron chi connectivity index (χ0n) is 12.4. The number of nitrogens with zero attached hydrogens (tertiary/aromatic N) is 2. The highest BCUT2D eigenvalue weighted by molar-refractivity contribution is 7.94. The van der Waals surface area contributed by atoms with Crippen molar-refractivity contribution in [2.75, 3.05) is 30.3 Å². The van der Waals surface area contributed by atoms with Gasteiger partial charge in [0, 0.05) is 18.5 Å². The van der Waals surface area contributed by atoms with Crippen LogP contribution in [-0.2, 0) is 21.2 Å². The van der Waals surface area contributed by atoms with Crippen molar-refractivity contribution in [3.63, 3.8) is 0 Å². The summed E-state index contributed by atoms with van der Waals surface area (Å²) in [4.78, 5) is 1.02. The van der Waals surface area contributed by atoms with Crippen molar-refractivity contribution in [2.24, 2.45) is 0 Å². The zero-order chi connectivity index (χ0) is 16.0. The largest absolute Gasteiger partial charge is 0.383 e. The van der Waals surface area contributed by atoms with Crippen LogP contribution in [0.2, 0.25) is 0 Å². The van der Waals surface area contributed by atoms with Crippen LogP contribution in [0, 0.1) is 0 Å². The number of ether oxygens (including phenoxy) is 1. The van der Waals surface area contributed by atoms with E-state index in [1.165, 1.54) is 11.3 Å². The van der Waals surface area contributed by atoms with E-state index in [1.54, 1.807) is 25.3 Å². The molecule has 0 aliphatic heterocycles. The summed E-state index contributed by atoms with van der Waals surface area (Å²) in [5.41, 5.74) is 0. The summed E-state index contributed by atoms with van der Waals surface area (Å²) in [6, 6.07) is 6.63. The normalized spacial score (nSPS) is 11.4. The lowest BCUT2D eigenvalue weighted by Crippen LogP contribution is -2.14. The fourth-order valence-electron chi connectivity index (χ4n) is 1.64. The molecule has 0 aliphatic carbocycles. The maximum absolute atomic E-state index is 12.2. The zero-order valence-corrected chi connectivity index (χ0v) is 14.0. The molecule has 0 unspecified atom stereocenters. The molecule has 7 nitrogen and oxygen atoms in total. The van der Waals surface area contributed by atoms with E-state index in [2.05, 4.69) is 20.2 Å². The minimum absolute atomic E-state index is 0.184. The molecule has 0 amide bonds. The molecule has 0 radical (unpaired) electrons. The fourth-order valence-corrected chi connectivity index (χ4v) is 3.93. The van der Waals surface area contributed by atoms with Crippen LogP contribution in [0.1, 0.15) is 11.8 Å². The molecule has 0 saturated carbocycles. The topological polar surface area (TPSA) is 93.2 Å². The van der Waals surface area contributed by atoms with Gasteiger partial charge in [0.2, 0.25) is 0 Å². The molecule has 0 aliphatic rings. The van der Waals surface area contributed by atoms with Gasteiger partial charge in [-0.15, -0.1) is 21.5 Å². The summed E-state index contributed by atoms with van der Waals surface area (Å²) in [6.45, 7) is 3.13. The SMILES string of the molecule is CCc1ccc(S(=O)(=O)Nc2ccc(NCCOC)nn2)s1. The molecule has 0 spiro atoms. The second kappa shape index (κ2) is 7.52. The van der Waals surface area contributed by atoms with E-state index in [1.807, 2.05) is 13.0 Å². The number of anilines is 2. The first kappa shape index (κ1) is 16.7. The molecule has 2 N–H and O–H groups in total. The summed E-state index contributed by atoms with van der Waals surface area (Å²) >= 11 is 1.25. The highest BCUT2D eigenvalue weighted by Crippen LogP contribution is 2.23. The van der Waals surface area contributed by atoms with Gasteiger partial charge < -0.3 is 10.1 Å². The average Bonchev–Trinajstić information content (AvgIpc) is 2.99. The van der Waals surface area contributed by atoms with E-state index >= 15 is 0 Å². The Labute approximate surface area is 133 Å². The van der Waals surface area contributed by atoms with Gasteiger partial charge in [-0.25, -0.2) is 8.42 Å². The Kier molecular flexibility index (Phi) is 5.69. The van der Waals surface area contributed by atoms with Crippen LogP contribution in [0.25, 0.3) is 0 Å². The lowest BCUT2D eigenvalue weighted by molar-refractivity contribution is 0.210. The van der Waals surface area contributed by atoms with Gasteiger partial charge in [-0.2, -0.15) is 0 Å². The van der Waals surface area contributed by atoms with Crippen molar-refractivity contribution in [3.05, 3.63) is 29.1 Å². The Morgan fingerprint density at radius 3 is 2.50 bits per heavy atom. The number of rotatable bonds is 8. The predicted molar refractivity (Wildman–Crippen MR) is 86.9 cm³/mol. The summed E-state index contributed by atoms with van der Waals surface area (Å²) in [6.07, 6.45) is 0.807. The molecule has 22 heavy (non-hydrogen) atoms. The van der Waals surface area contributed by atoms with E-state index in [9.17, 15) is 8.42 Å². The molecule has 0 saturated heterocycles. The predicted octanol–water partition coefficient (Wildman–Crippen LogP) is 1.96. The van der Waals surface area contributed by atoms with Gasteiger partial charge in [-0.3, -0.25) is 4.72 Å². The molecule has 0 bridgehead atoms. The molecular weight excluding hydrogens is 324 g/mol. The molecule has 0 atom stereocenters. The third kappa shape index (κ3) is 4.39. The number of aromatic nitrogens is 2. The van der Waals surface area contributed by atoms with Crippen molar-refractivity contribution >= 4 is 33.0 Å². The van der Waals surface area contributed by atoms with E-state index in [-0.39, 0.29) is 10.0 Å². The van der Waals surface area contributed by atoms with E-state index in [0.29, 0.717) is 19.0 Å². The Morgan fingerprint density at radius 1 is 1.18 bits per heavy atom. The van der Waals surface area contributed by atoms with Crippen LogP contribution >= 0.6 is 11.3 Å². The Hall–Kier alpha value is -1.71. The number of methoxy groups -OCH3 is 1. The van der Waals surface area contributed by atoms with Crippen molar-refractivity contribution in [1.82, 2.24) is 10.2 Å². The third-order valence-electron chi connectivity index (χ3n) is 2.77.